The average molecular weight is 473 g/mol. The van der Waals surface area contributed by atoms with Gasteiger partial charge in [0.05, 0.1) is 0 Å². The first-order valence-corrected chi connectivity index (χ1v) is 11.7. The number of pyridine rings is 1. The van der Waals surface area contributed by atoms with E-state index in [1.54, 1.807) is 12.3 Å². The summed E-state index contributed by atoms with van der Waals surface area (Å²) in [5.41, 5.74) is 4.73. The van der Waals surface area contributed by atoms with Gasteiger partial charge in [-0.05, 0) is 62.1 Å². The number of amides is 3. The summed E-state index contributed by atoms with van der Waals surface area (Å²) in [5.74, 6) is -0.388. The molecule has 3 aromatic rings. The van der Waals surface area contributed by atoms with Gasteiger partial charge in [0.25, 0.3) is 0 Å². The summed E-state index contributed by atoms with van der Waals surface area (Å²) in [7, 11) is 0. The van der Waals surface area contributed by atoms with Crippen LogP contribution in [-0.2, 0) is 20.8 Å². The Kier molecular flexibility index (Phi) is 9.12. The zero-order valence-electron chi connectivity index (χ0n) is 20.5. The van der Waals surface area contributed by atoms with Crippen LogP contribution in [-0.4, -0.2) is 35.8 Å². The number of nitrogens with zero attached hydrogens (tertiary/aromatic N) is 2. The molecule has 0 saturated heterocycles. The summed E-state index contributed by atoms with van der Waals surface area (Å²) in [5, 5.41) is 5.62. The van der Waals surface area contributed by atoms with Crippen molar-refractivity contribution in [1.82, 2.24) is 10.3 Å². The largest absolute Gasteiger partial charge is 0.354 e. The molecule has 1 heterocycles. The van der Waals surface area contributed by atoms with Crippen LogP contribution in [0.3, 0.4) is 0 Å². The number of aryl methyl sites for hydroxylation is 3. The molecule has 3 amide bonds. The Morgan fingerprint density at radius 2 is 1.60 bits per heavy atom. The van der Waals surface area contributed by atoms with Crippen molar-refractivity contribution in [2.75, 3.05) is 23.3 Å². The van der Waals surface area contributed by atoms with E-state index < -0.39 is 0 Å². The second-order valence-electron chi connectivity index (χ2n) is 8.62. The lowest BCUT2D eigenvalue weighted by Crippen LogP contribution is -2.42. The van der Waals surface area contributed by atoms with Gasteiger partial charge in [0.2, 0.25) is 17.7 Å². The molecule has 2 aromatic carbocycles. The Labute approximate surface area is 206 Å². The molecule has 0 saturated carbocycles. The normalized spacial score (nSPS) is 10.5. The van der Waals surface area contributed by atoms with Crippen LogP contribution in [0.2, 0.25) is 0 Å². The molecule has 0 radical (unpaired) electrons. The van der Waals surface area contributed by atoms with E-state index in [0.29, 0.717) is 24.5 Å². The first-order valence-electron chi connectivity index (χ1n) is 11.7. The molecule has 7 heteroatoms. The number of hydrogen-bond donors (Lipinski definition) is 2. The third-order valence-electron chi connectivity index (χ3n) is 5.57. The Bertz CT molecular complexity index is 1180. The van der Waals surface area contributed by atoms with Gasteiger partial charge in [0, 0.05) is 31.3 Å². The number of hydrogen-bond acceptors (Lipinski definition) is 4. The predicted molar refractivity (Wildman–Crippen MR) is 138 cm³/mol. The molecule has 182 valence electrons. The second-order valence-corrected chi connectivity index (χ2v) is 8.62. The van der Waals surface area contributed by atoms with E-state index in [-0.39, 0.29) is 37.1 Å². The molecule has 3 rings (SSSR count). The maximum absolute atomic E-state index is 13.2. The molecular weight excluding hydrogens is 440 g/mol. The lowest BCUT2D eigenvalue weighted by molar-refractivity contribution is -0.125. The fourth-order valence-electron chi connectivity index (χ4n) is 3.77. The maximum atomic E-state index is 13.2. The van der Waals surface area contributed by atoms with Crippen molar-refractivity contribution in [2.45, 2.75) is 40.0 Å². The molecule has 0 aliphatic carbocycles. The molecule has 35 heavy (non-hydrogen) atoms. The van der Waals surface area contributed by atoms with Crippen molar-refractivity contribution in [1.29, 1.82) is 0 Å². The molecule has 1 aromatic heterocycles. The minimum atomic E-state index is -0.302. The molecule has 0 spiro atoms. The minimum absolute atomic E-state index is 0.00844. The average Bonchev–Trinajstić information content (AvgIpc) is 2.82. The lowest BCUT2D eigenvalue weighted by atomic mass is 10.1. The highest BCUT2D eigenvalue weighted by Crippen LogP contribution is 2.22. The van der Waals surface area contributed by atoms with Gasteiger partial charge in [0.1, 0.15) is 12.4 Å². The molecule has 0 aliphatic rings. The smallest absolute Gasteiger partial charge is 0.240 e. The Morgan fingerprint density at radius 1 is 0.857 bits per heavy atom. The standard InChI is InChI=1S/C28H32N4O3/c1-20-9-10-24(22(3)17-20)32(19-27(34)30-16-14-23-7-5-4-6-8-23)28(35)12-11-26(33)31-25-18-21(2)13-15-29-25/h4-10,13,15,17-18H,11-12,14,16,19H2,1-3H3,(H,30,34)(H,29,31,33). The highest BCUT2D eigenvalue weighted by atomic mass is 16.2. The number of anilines is 2. The van der Waals surface area contributed by atoms with Crippen LogP contribution >= 0.6 is 0 Å². The Morgan fingerprint density at radius 3 is 2.31 bits per heavy atom. The van der Waals surface area contributed by atoms with Crippen LogP contribution in [0.1, 0.15) is 35.1 Å². The van der Waals surface area contributed by atoms with Gasteiger partial charge in [-0.3, -0.25) is 14.4 Å². The number of benzene rings is 2. The summed E-state index contributed by atoms with van der Waals surface area (Å²) in [6, 6.07) is 19.2. The van der Waals surface area contributed by atoms with Gasteiger partial charge < -0.3 is 15.5 Å². The van der Waals surface area contributed by atoms with Crippen molar-refractivity contribution in [3.63, 3.8) is 0 Å². The number of nitrogens with one attached hydrogen (secondary N) is 2. The summed E-state index contributed by atoms with van der Waals surface area (Å²) < 4.78 is 0. The van der Waals surface area contributed by atoms with Crippen molar-refractivity contribution in [3.8, 4) is 0 Å². The van der Waals surface area contributed by atoms with E-state index in [9.17, 15) is 14.4 Å². The van der Waals surface area contributed by atoms with E-state index in [1.165, 1.54) is 4.90 Å². The fourth-order valence-corrected chi connectivity index (χ4v) is 3.77. The van der Waals surface area contributed by atoms with Crippen LogP contribution in [0.15, 0.2) is 66.9 Å². The SMILES string of the molecule is Cc1ccnc(NC(=O)CCC(=O)N(CC(=O)NCCc2ccccc2)c2ccc(C)cc2C)c1. The molecule has 0 atom stereocenters. The summed E-state index contributed by atoms with van der Waals surface area (Å²) in [6.45, 7) is 6.16. The predicted octanol–water partition coefficient (Wildman–Crippen LogP) is 4.12. The van der Waals surface area contributed by atoms with Crippen LogP contribution < -0.4 is 15.5 Å². The molecule has 7 nitrogen and oxygen atoms in total. The molecule has 0 bridgehead atoms. The maximum Gasteiger partial charge on any atom is 0.240 e. The third-order valence-corrected chi connectivity index (χ3v) is 5.57. The van der Waals surface area contributed by atoms with Crippen molar-refractivity contribution < 1.29 is 14.4 Å². The first kappa shape index (κ1) is 25.6. The van der Waals surface area contributed by atoms with Crippen LogP contribution in [0.5, 0.6) is 0 Å². The zero-order valence-corrected chi connectivity index (χ0v) is 20.5. The van der Waals surface area contributed by atoms with Crippen molar-refractivity contribution >= 4 is 29.2 Å². The van der Waals surface area contributed by atoms with Gasteiger partial charge in [-0.1, -0.05) is 48.0 Å². The van der Waals surface area contributed by atoms with Crippen molar-refractivity contribution in [3.05, 3.63) is 89.1 Å². The Hall–Kier alpha value is -4.00. The molecule has 0 fully saturated rings. The lowest BCUT2D eigenvalue weighted by Gasteiger charge is -2.24. The van der Waals surface area contributed by atoms with Gasteiger partial charge in [-0.2, -0.15) is 0 Å². The highest BCUT2D eigenvalue weighted by molar-refractivity contribution is 6.01. The van der Waals surface area contributed by atoms with E-state index in [1.807, 2.05) is 75.4 Å². The van der Waals surface area contributed by atoms with Crippen LogP contribution in [0.25, 0.3) is 0 Å². The second kappa shape index (κ2) is 12.5. The molecule has 0 aliphatic heterocycles. The summed E-state index contributed by atoms with van der Waals surface area (Å²) in [4.78, 5) is 43.9. The molecule has 2 N–H and O–H groups in total. The topological polar surface area (TPSA) is 91.4 Å². The van der Waals surface area contributed by atoms with Crippen LogP contribution in [0.4, 0.5) is 11.5 Å². The number of carbonyl (C=O) groups excluding carboxylic acids is 3. The third kappa shape index (κ3) is 8.07. The van der Waals surface area contributed by atoms with E-state index >= 15 is 0 Å². The minimum Gasteiger partial charge on any atom is -0.354 e. The number of rotatable bonds is 10. The van der Waals surface area contributed by atoms with Gasteiger partial charge in [-0.25, -0.2) is 4.98 Å². The van der Waals surface area contributed by atoms with E-state index in [2.05, 4.69) is 15.6 Å². The quantitative estimate of drug-likeness (QED) is 0.464. The van der Waals surface area contributed by atoms with Crippen LogP contribution in [0, 0.1) is 20.8 Å². The number of carbonyl (C=O) groups is 3. The highest BCUT2D eigenvalue weighted by Gasteiger charge is 2.21. The molecular formula is C28H32N4O3. The Balaban J connectivity index is 1.62. The summed E-state index contributed by atoms with van der Waals surface area (Å²) >= 11 is 0. The monoisotopic (exact) mass is 472 g/mol. The summed E-state index contributed by atoms with van der Waals surface area (Å²) in [6.07, 6.45) is 2.29. The zero-order chi connectivity index (χ0) is 25.2. The van der Waals surface area contributed by atoms with E-state index in [4.69, 9.17) is 0 Å². The fraction of sp³-hybridized carbons (Fsp3) is 0.286. The van der Waals surface area contributed by atoms with Gasteiger partial charge in [0.15, 0.2) is 0 Å². The van der Waals surface area contributed by atoms with Crippen molar-refractivity contribution in [2.24, 2.45) is 0 Å². The number of aromatic nitrogens is 1. The first-order chi connectivity index (χ1) is 16.8. The van der Waals surface area contributed by atoms with E-state index in [0.717, 1.165) is 22.3 Å². The molecule has 0 unspecified atom stereocenters. The van der Waals surface area contributed by atoms with Gasteiger partial charge >= 0.3 is 0 Å². The van der Waals surface area contributed by atoms with Gasteiger partial charge in [-0.15, -0.1) is 0 Å².